The van der Waals surface area contributed by atoms with Gasteiger partial charge in [0.2, 0.25) is 5.91 Å². The quantitative estimate of drug-likeness (QED) is 0.625. The average Bonchev–Trinajstić information content (AvgIpc) is 3.40. The first-order valence-corrected chi connectivity index (χ1v) is 12.3. The van der Waals surface area contributed by atoms with Crippen LogP contribution in [0.3, 0.4) is 0 Å². The van der Waals surface area contributed by atoms with Gasteiger partial charge in [0.05, 0.1) is 13.2 Å². The van der Waals surface area contributed by atoms with E-state index in [0.29, 0.717) is 38.6 Å². The minimum Gasteiger partial charge on any atom is -0.497 e. The number of methoxy groups -OCH3 is 1. The lowest BCUT2D eigenvalue weighted by atomic mass is 9.95. The Morgan fingerprint density at radius 2 is 1.79 bits per heavy atom. The number of urea groups is 1. The lowest BCUT2D eigenvalue weighted by molar-refractivity contribution is -0.129. The molecule has 1 aromatic heterocycles. The molecule has 2 aromatic rings. The van der Waals surface area contributed by atoms with Crippen LogP contribution in [0.2, 0.25) is 0 Å². The Morgan fingerprint density at radius 1 is 1.06 bits per heavy atom. The highest BCUT2D eigenvalue weighted by Crippen LogP contribution is 2.31. The van der Waals surface area contributed by atoms with Gasteiger partial charge in [-0.15, -0.1) is 0 Å². The van der Waals surface area contributed by atoms with E-state index in [1.165, 1.54) is 12.8 Å². The zero-order valence-electron chi connectivity index (χ0n) is 19.9. The van der Waals surface area contributed by atoms with Gasteiger partial charge in [-0.3, -0.25) is 14.7 Å². The van der Waals surface area contributed by atoms with Crippen LogP contribution < -0.4 is 15.4 Å². The number of benzene rings is 1. The third-order valence-corrected chi connectivity index (χ3v) is 6.86. The molecule has 8 nitrogen and oxygen atoms in total. The molecule has 182 valence electrons. The van der Waals surface area contributed by atoms with Crippen molar-refractivity contribution in [2.24, 2.45) is 5.92 Å². The summed E-state index contributed by atoms with van der Waals surface area (Å²) in [6.45, 7) is 3.19. The summed E-state index contributed by atoms with van der Waals surface area (Å²) in [6, 6.07) is 12.9. The second-order valence-electron chi connectivity index (χ2n) is 9.03. The number of nitrogens with zero attached hydrogens (tertiary/aromatic N) is 3. The number of anilines is 1. The molecule has 2 aliphatic rings. The smallest absolute Gasteiger partial charge is 0.321 e. The molecule has 3 amide bonds. The van der Waals surface area contributed by atoms with Crippen molar-refractivity contribution in [1.29, 1.82) is 0 Å². The third kappa shape index (κ3) is 6.26. The number of carbonyl (C=O) groups is 2. The second kappa shape index (κ2) is 11.8. The van der Waals surface area contributed by atoms with Crippen LogP contribution in [0.4, 0.5) is 10.5 Å². The normalized spacial score (nSPS) is 17.9. The van der Waals surface area contributed by atoms with Crippen LogP contribution in [0.1, 0.15) is 31.4 Å². The van der Waals surface area contributed by atoms with E-state index in [1.807, 2.05) is 47.4 Å². The van der Waals surface area contributed by atoms with Gasteiger partial charge in [-0.1, -0.05) is 18.9 Å². The minimum absolute atomic E-state index is 0.109. The van der Waals surface area contributed by atoms with Crippen molar-refractivity contribution in [2.45, 2.75) is 38.1 Å². The third-order valence-electron chi connectivity index (χ3n) is 6.86. The molecule has 0 bridgehead atoms. The first-order chi connectivity index (χ1) is 16.6. The summed E-state index contributed by atoms with van der Waals surface area (Å²) in [4.78, 5) is 34.4. The van der Waals surface area contributed by atoms with Crippen molar-refractivity contribution in [3.63, 3.8) is 0 Å². The van der Waals surface area contributed by atoms with E-state index in [1.54, 1.807) is 13.3 Å². The van der Waals surface area contributed by atoms with Crippen LogP contribution >= 0.6 is 0 Å². The maximum Gasteiger partial charge on any atom is 0.321 e. The number of aromatic nitrogens is 1. The average molecular weight is 466 g/mol. The fraction of sp³-hybridized carbons (Fsp3) is 0.500. The van der Waals surface area contributed by atoms with Crippen molar-refractivity contribution in [3.05, 3.63) is 54.4 Å². The summed E-state index contributed by atoms with van der Waals surface area (Å²) in [5, 5.41) is 6.11. The molecule has 2 N–H and O–H groups in total. The Kier molecular flexibility index (Phi) is 8.36. The minimum atomic E-state index is -0.127. The molecule has 1 aliphatic heterocycles. The Bertz CT molecular complexity index is 923. The highest BCUT2D eigenvalue weighted by Gasteiger charge is 2.37. The summed E-state index contributed by atoms with van der Waals surface area (Å²) in [5.41, 5.74) is 1.72. The highest BCUT2D eigenvalue weighted by atomic mass is 16.5. The molecule has 4 rings (SSSR count). The first-order valence-electron chi connectivity index (χ1n) is 12.3. The Labute approximate surface area is 201 Å². The summed E-state index contributed by atoms with van der Waals surface area (Å²) >= 11 is 0. The number of nitrogens with one attached hydrogen (secondary N) is 2. The van der Waals surface area contributed by atoms with Crippen molar-refractivity contribution in [1.82, 2.24) is 20.1 Å². The van der Waals surface area contributed by atoms with Gasteiger partial charge in [0.1, 0.15) is 5.75 Å². The van der Waals surface area contributed by atoms with E-state index in [9.17, 15) is 9.59 Å². The van der Waals surface area contributed by atoms with E-state index in [4.69, 9.17) is 4.74 Å². The molecule has 2 fully saturated rings. The number of carbonyl (C=O) groups excluding carboxylic acids is 2. The van der Waals surface area contributed by atoms with Crippen LogP contribution in [-0.4, -0.2) is 72.6 Å². The Hall–Kier alpha value is -3.13. The highest BCUT2D eigenvalue weighted by molar-refractivity contribution is 5.89. The van der Waals surface area contributed by atoms with E-state index in [2.05, 4.69) is 20.5 Å². The van der Waals surface area contributed by atoms with Gasteiger partial charge in [-0.05, 0) is 55.2 Å². The van der Waals surface area contributed by atoms with Gasteiger partial charge in [-0.25, -0.2) is 4.79 Å². The summed E-state index contributed by atoms with van der Waals surface area (Å²) in [5.74, 6) is 1.25. The van der Waals surface area contributed by atoms with E-state index >= 15 is 0 Å². The van der Waals surface area contributed by atoms with Crippen LogP contribution in [0.5, 0.6) is 5.75 Å². The number of rotatable bonds is 8. The number of piperazine rings is 1. The van der Waals surface area contributed by atoms with Gasteiger partial charge < -0.3 is 20.3 Å². The van der Waals surface area contributed by atoms with Crippen molar-refractivity contribution < 1.29 is 14.3 Å². The van der Waals surface area contributed by atoms with Gasteiger partial charge in [0.25, 0.3) is 0 Å². The Balaban J connectivity index is 1.30. The lowest BCUT2D eigenvalue weighted by Crippen LogP contribution is -2.58. The van der Waals surface area contributed by atoms with Crippen LogP contribution in [0.25, 0.3) is 0 Å². The molecule has 34 heavy (non-hydrogen) atoms. The fourth-order valence-corrected chi connectivity index (χ4v) is 5.00. The van der Waals surface area contributed by atoms with Crippen LogP contribution in [0.15, 0.2) is 48.7 Å². The van der Waals surface area contributed by atoms with Crippen LogP contribution in [0, 0.1) is 5.92 Å². The standard InChI is InChI=1S/C26H35N5O3/c1-34-23-11-9-22(10-12-23)29-26(33)31-18-16-30(17-19-31)24(20-6-2-3-7-20)25(32)28-15-13-21-8-4-5-14-27-21/h4-5,8-12,14,20,24H,2-3,6-7,13,15-19H2,1H3,(H,28,32)(H,29,33)/t24-/m1/s1. The first kappa shape index (κ1) is 24.0. The maximum absolute atomic E-state index is 13.3. The number of hydrogen-bond donors (Lipinski definition) is 2. The SMILES string of the molecule is COc1ccc(NC(=O)N2CCN([C@@H](C(=O)NCCc3ccccn3)C3CCCC3)CC2)cc1. The van der Waals surface area contributed by atoms with Crippen molar-refractivity contribution in [3.8, 4) is 5.75 Å². The van der Waals surface area contributed by atoms with Gasteiger partial charge in [-0.2, -0.15) is 0 Å². The van der Waals surface area contributed by atoms with E-state index in [0.717, 1.165) is 36.4 Å². The molecule has 0 radical (unpaired) electrons. The van der Waals surface area contributed by atoms with Gasteiger partial charge in [0, 0.05) is 56.7 Å². The maximum atomic E-state index is 13.3. The lowest BCUT2D eigenvalue weighted by Gasteiger charge is -2.40. The van der Waals surface area contributed by atoms with Gasteiger partial charge in [0.15, 0.2) is 0 Å². The molecule has 1 saturated heterocycles. The zero-order chi connectivity index (χ0) is 23.8. The molecular weight excluding hydrogens is 430 g/mol. The molecule has 1 aliphatic carbocycles. The second-order valence-corrected chi connectivity index (χ2v) is 9.03. The summed E-state index contributed by atoms with van der Waals surface area (Å²) in [6.07, 6.45) is 7.07. The molecule has 2 heterocycles. The van der Waals surface area contributed by atoms with Crippen molar-refractivity contribution >= 4 is 17.6 Å². The molecule has 1 saturated carbocycles. The number of ether oxygens (including phenoxy) is 1. The molecule has 0 spiro atoms. The summed E-state index contributed by atoms with van der Waals surface area (Å²) in [7, 11) is 1.62. The molecule has 8 heteroatoms. The molecule has 0 unspecified atom stereocenters. The molecular formula is C26H35N5O3. The van der Waals surface area contributed by atoms with Gasteiger partial charge >= 0.3 is 6.03 Å². The fourth-order valence-electron chi connectivity index (χ4n) is 5.00. The predicted octanol–water partition coefficient (Wildman–Crippen LogP) is 3.16. The number of hydrogen-bond acceptors (Lipinski definition) is 5. The number of amides is 3. The molecule has 1 aromatic carbocycles. The van der Waals surface area contributed by atoms with E-state index in [-0.39, 0.29) is 18.0 Å². The monoisotopic (exact) mass is 465 g/mol. The van der Waals surface area contributed by atoms with Crippen molar-refractivity contribution in [2.75, 3.05) is 45.2 Å². The summed E-state index contributed by atoms with van der Waals surface area (Å²) < 4.78 is 5.17. The Morgan fingerprint density at radius 3 is 2.44 bits per heavy atom. The molecule has 1 atom stereocenters. The topological polar surface area (TPSA) is 86.8 Å². The predicted molar refractivity (Wildman–Crippen MR) is 132 cm³/mol. The van der Waals surface area contributed by atoms with E-state index < -0.39 is 0 Å². The van der Waals surface area contributed by atoms with Crippen LogP contribution in [-0.2, 0) is 11.2 Å². The number of pyridine rings is 1. The largest absolute Gasteiger partial charge is 0.497 e. The zero-order valence-corrected chi connectivity index (χ0v) is 19.9.